The van der Waals surface area contributed by atoms with Crippen molar-refractivity contribution in [2.24, 2.45) is 0 Å². The van der Waals surface area contributed by atoms with Gasteiger partial charge in [-0.25, -0.2) is 4.79 Å². The number of rotatable bonds is 9. The minimum Gasteiger partial charge on any atom is -0.467 e. The van der Waals surface area contributed by atoms with Crippen molar-refractivity contribution in [1.29, 1.82) is 0 Å². The number of benzene rings is 1. The maximum absolute atomic E-state index is 12.5. The van der Waals surface area contributed by atoms with Crippen LogP contribution in [0.3, 0.4) is 0 Å². The number of esters is 1. The highest BCUT2D eigenvalue weighted by Gasteiger charge is 2.39. The fourth-order valence-electron chi connectivity index (χ4n) is 2.68. The third-order valence-electron chi connectivity index (χ3n) is 4.13. The summed E-state index contributed by atoms with van der Waals surface area (Å²) in [6, 6.07) is 9.55. The molecule has 0 saturated carbocycles. The van der Waals surface area contributed by atoms with Gasteiger partial charge in [0.05, 0.1) is 13.7 Å². The molecular weight excluding hydrogens is 306 g/mol. The molecule has 1 atom stereocenters. The van der Waals surface area contributed by atoms with E-state index in [1.807, 2.05) is 37.3 Å². The Bertz CT molecular complexity index is 642. The van der Waals surface area contributed by atoms with E-state index < -0.39 is 5.54 Å². The van der Waals surface area contributed by atoms with Crippen molar-refractivity contribution in [1.82, 2.24) is 15.5 Å². The lowest BCUT2D eigenvalue weighted by molar-refractivity contribution is -0.149. The van der Waals surface area contributed by atoms with Crippen LogP contribution in [-0.4, -0.2) is 23.2 Å². The summed E-state index contributed by atoms with van der Waals surface area (Å²) in [5.41, 5.74) is -0.0747. The number of carbonyl (C=O) groups is 1. The molecule has 2 aromatic rings. The Kier molecular flexibility index (Phi) is 6.49. The van der Waals surface area contributed by atoms with E-state index in [4.69, 9.17) is 9.26 Å². The van der Waals surface area contributed by atoms with Crippen molar-refractivity contribution in [3.63, 3.8) is 0 Å². The molecule has 0 saturated heterocycles. The van der Waals surface area contributed by atoms with Crippen LogP contribution in [0, 0.1) is 0 Å². The third-order valence-corrected chi connectivity index (χ3v) is 4.13. The van der Waals surface area contributed by atoms with Gasteiger partial charge in [-0.2, -0.15) is 4.98 Å². The van der Waals surface area contributed by atoms with Crippen LogP contribution in [-0.2, 0) is 28.0 Å². The molecule has 6 heteroatoms. The van der Waals surface area contributed by atoms with Gasteiger partial charge in [0.25, 0.3) is 0 Å². The first kappa shape index (κ1) is 18.1. The first-order valence-corrected chi connectivity index (χ1v) is 8.36. The maximum Gasteiger partial charge on any atom is 0.330 e. The molecule has 0 aliphatic heterocycles. The van der Waals surface area contributed by atoms with Gasteiger partial charge >= 0.3 is 5.97 Å². The standard InChI is InChI=1S/C18H25N3O3/c1-4-6-12-16-20-15(21-24-16)13-19-18(5-2,17(22)23-3)14-10-8-7-9-11-14/h7-11,19H,4-6,12-13H2,1-3H3/t18-/m0/s1. The van der Waals surface area contributed by atoms with E-state index in [0.717, 1.165) is 24.8 Å². The molecule has 0 bridgehead atoms. The number of carbonyl (C=O) groups excluding carboxylic acids is 1. The molecule has 0 radical (unpaired) electrons. The summed E-state index contributed by atoms with van der Waals surface area (Å²) in [6.45, 7) is 4.39. The van der Waals surface area contributed by atoms with Gasteiger partial charge in [0.2, 0.25) is 5.89 Å². The number of hydrogen-bond donors (Lipinski definition) is 1. The molecule has 1 N–H and O–H groups in total. The third kappa shape index (κ3) is 4.00. The van der Waals surface area contributed by atoms with Crippen LogP contribution in [0.25, 0.3) is 0 Å². The molecule has 130 valence electrons. The van der Waals surface area contributed by atoms with Crippen LogP contribution in [0.2, 0.25) is 0 Å². The fourth-order valence-corrected chi connectivity index (χ4v) is 2.68. The molecule has 6 nitrogen and oxygen atoms in total. The largest absolute Gasteiger partial charge is 0.467 e. The molecular formula is C18H25N3O3. The highest BCUT2D eigenvalue weighted by molar-refractivity contribution is 5.82. The van der Waals surface area contributed by atoms with Gasteiger partial charge < -0.3 is 9.26 Å². The van der Waals surface area contributed by atoms with E-state index in [0.29, 0.717) is 24.7 Å². The molecule has 1 aromatic heterocycles. The molecule has 0 fully saturated rings. The Morgan fingerprint density at radius 2 is 2.04 bits per heavy atom. The quantitative estimate of drug-likeness (QED) is 0.712. The van der Waals surface area contributed by atoms with Crippen LogP contribution in [0.5, 0.6) is 0 Å². The second-order valence-corrected chi connectivity index (χ2v) is 5.68. The first-order chi connectivity index (χ1) is 11.7. The van der Waals surface area contributed by atoms with Crippen LogP contribution in [0.15, 0.2) is 34.9 Å². The van der Waals surface area contributed by atoms with Gasteiger partial charge in [0, 0.05) is 6.42 Å². The number of nitrogens with one attached hydrogen (secondary N) is 1. The number of methoxy groups -OCH3 is 1. The average molecular weight is 331 g/mol. The monoisotopic (exact) mass is 331 g/mol. The van der Waals surface area contributed by atoms with E-state index >= 15 is 0 Å². The summed E-state index contributed by atoms with van der Waals surface area (Å²) >= 11 is 0. The number of nitrogens with zero attached hydrogens (tertiary/aromatic N) is 2. The molecule has 24 heavy (non-hydrogen) atoms. The number of ether oxygens (including phenoxy) is 1. The van der Waals surface area contributed by atoms with Crippen LogP contribution < -0.4 is 5.32 Å². The van der Waals surface area contributed by atoms with Crippen LogP contribution in [0.1, 0.15) is 50.4 Å². The van der Waals surface area contributed by atoms with Crippen molar-refractivity contribution < 1.29 is 14.1 Å². The fraction of sp³-hybridized carbons (Fsp3) is 0.500. The van der Waals surface area contributed by atoms with Crippen molar-refractivity contribution in [2.45, 2.75) is 51.6 Å². The normalized spacial score (nSPS) is 13.5. The minimum atomic E-state index is -0.930. The van der Waals surface area contributed by atoms with Crippen molar-refractivity contribution >= 4 is 5.97 Å². The average Bonchev–Trinajstić information content (AvgIpc) is 3.09. The summed E-state index contributed by atoms with van der Waals surface area (Å²) < 4.78 is 10.3. The van der Waals surface area contributed by atoms with E-state index in [1.165, 1.54) is 7.11 Å². The van der Waals surface area contributed by atoms with Crippen molar-refractivity contribution in [2.75, 3.05) is 7.11 Å². The van der Waals surface area contributed by atoms with E-state index in [2.05, 4.69) is 22.4 Å². The molecule has 0 spiro atoms. The van der Waals surface area contributed by atoms with Crippen molar-refractivity contribution in [3.8, 4) is 0 Å². The Balaban J connectivity index is 2.17. The molecule has 1 heterocycles. The summed E-state index contributed by atoms with van der Waals surface area (Å²) in [6.07, 6.45) is 3.41. The SMILES string of the molecule is CCCCc1nc(CN[C@](CC)(C(=O)OC)c2ccccc2)no1. The smallest absolute Gasteiger partial charge is 0.330 e. The molecule has 1 aromatic carbocycles. The number of unbranched alkanes of at least 4 members (excludes halogenated alkanes) is 1. The molecule has 0 amide bonds. The summed E-state index contributed by atoms with van der Waals surface area (Å²) in [5.74, 6) is 0.846. The molecule has 2 rings (SSSR count). The Labute approximate surface area is 142 Å². The Morgan fingerprint density at radius 3 is 2.67 bits per heavy atom. The second kappa shape index (κ2) is 8.59. The van der Waals surface area contributed by atoms with E-state index in [1.54, 1.807) is 0 Å². The predicted octanol–water partition coefficient (Wildman–Crippen LogP) is 2.98. The van der Waals surface area contributed by atoms with Gasteiger partial charge in [-0.1, -0.05) is 55.8 Å². The maximum atomic E-state index is 12.5. The lowest BCUT2D eigenvalue weighted by atomic mass is 9.87. The van der Waals surface area contributed by atoms with Crippen LogP contribution in [0.4, 0.5) is 0 Å². The van der Waals surface area contributed by atoms with Crippen LogP contribution >= 0.6 is 0 Å². The molecule has 0 unspecified atom stereocenters. The second-order valence-electron chi connectivity index (χ2n) is 5.68. The summed E-state index contributed by atoms with van der Waals surface area (Å²) in [7, 11) is 1.40. The highest BCUT2D eigenvalue weighted by Crippen LogP contribution is 2.27. The number of aromatic nitrogens is 2. The van der Waals surface area contributed by atoms with Gasteiger partial charge in [0.15, 0.2) is 5.82 Å². The Hall–Kier alpha value is -2.21. The zero-order valence-electron chi connectivity index (χ0n) is 14.5. The zero-order chi connectivity index (χ0) is 17.4. The minimum absolute atomic E-state index is 0.327. The van der Waals surface area contributed by atoms with Gasteiger partial charge in [-0.3, -0.25) is 5.32 Å². The number of aryl methyl sites for hydroxylation is 1. The highest BCUT2D eigenvalue weighted by atomic mass is 16.5. The lowest BCUT2D eigenvalue weighted by Gasteiger charge is -2.31. The van der Waals surface area contributed by atoms with Gasteiger partial charge in [-0.15, -0.1) is 0 Å². The van der Waals surface area contributed by atoms with Crippen molar-refractivity contribution in [3.05, 3.63) is 47.6 Å². The first-order valence-electron chi connectivity index (χ1n) is 8.36. The lowest BCUT2D eigenvalue weighted by Crippen LogP contribution is -2.49. The van der Waals surface area contributed by atoms with Gasteiger partial charge in [-0.05, 0) is 18.4 Å². The number of hydrogen-bond acceptors (Lipinski definition) is 6. The van der Waals surface area contributed by atoms with E-state index in [9.17, 15) is 4.79 Å². The summed E-state index contributed by atoms with van der Waals surface area (Å²) in [4.78, 5) is 16.9. The Morgan fingerprint density at radius 1 is 1.29 bits per heavy atom. The van der Waals surface area contributed by atoms with Gasteiger partial charge in [0.1, 0.15) is 5.54 Å². The topological polar surface area (TPSA) is 77.2 Å². The summed E-state index contributed by atoms with van der Waals surface area (Å²) in [5, 5.41) is 7.26. The zero-order valence-corrected chi connectivity index (χ0v) is 14.5. The molecule has 0 aliphatic rings. The molecule has 0 aliphatic carbocycles. The van der Waals surface area contributed by atoms with E-state index in [-0.39, 0.29) is 5.97 Å². The predicted molar refractivity (Wildman–Crippen MR) is 90.2 cm³/mol.